The summed E-state index contributed by atoms with van der Waals surface area (Å²) in [6, 6.07) is 25.0. The van der Waals surface area contributed by atoms with Crippen LogP contribution in [0.1, 0.15) is 6.92 Å². The summed E-state index contributed by atoms with van der Waals surface area (Å²) in [6.07, 6.45) is 0. The molecule has 0 spiro atoms. The molecule has 0 unspecified atom stereocenters. The van der Waals surface area contributed by atoms with Gasteiger partial charge >= 0.3 is 7.25 Å². The Labute approximate surface area is 171 Å². The van der Waals surface area contributed by atoms with E-state index in [1.165, 1.54) is 34.3 Å². The van der Waals surface area contributed by atoms with Gasteiger partial charge in [0.1, 0.15) is 7.05 Å². The molecule has 3 aromatic carbocycles. The first-order chi connectivity index (χ1) is 14.1. The smallest absolute Gasteiger partial charge is 0.418 e. The van der Waals surface area contributed by atoms with Crippen LogP contribution in [0.25, 0.3) is 32.9 Å². The molecule has 0 aliphatic carbocycles. The number of hydrogen-bond acceptors (Lipinski definition) is 1. The predicted octanol–water partition coefficient (Wildman–Crippen LogP) is 5.74. The minimum atomic E-state index is -6.00. The van der Waals surface area contributed by atoms with E-state index in [1.54, 1.807) is 0 Å². The Morgan fingerprint density at radius 2 is 1.23 bits per heavy atom. The van der Waals surface area contributed by atoms with E-state index in [-0.39, 0.29) is 5.91 Å². The number of aromatic nitrogens is 1. The molecule has 1 heterocycles. The second-order valence-corrected chi connectivity index (χ2v) is 6.72. The van der Waals surface area contributed by atoms with E-state index in [1.807, 2.05) is 12.1 Å². The number of fused-ring (bicyclic) bond motifs is 2. The molecule has 154 valence electrons. The summed E-state index contributed by atoms with van der Waals surface area (Å²) in [5, 5.41) is 5.26. The first kappa shape index (κ1) is 21.3. The van der Waals surface area contributed by atoms with Crippen molar-refractivity contribution >= 4 is 40.7 Å². The van der Waals surface area contributed by atoms with E-state index < -0.39 is 7.25 Å². The van der Waals surface area contributed by atoms with E-state index in [4.69, 9.17) is 0 Å². The standard InChI is InChI=1S/C22H18N2O.BF4/c1-15(25)23-17-13-11-16(12-14-17)22-18-7-3-5-9-20(18)24(2)21-10-6-4-8-19(21)22;2-1(3,4)5/h3-14H,1-2H3;/q;-1/p+1. The first-order valence-electron chi connectivity index (χ1n) is 9.20. The molecule has 1 aromatic heterocycles. The number of rotatable bonds is 2. The molecule has 0 aliphatic heterocycles. The molecule has 0 fully saturated rings. The first-order valence-corrected chi connectivity index (χ1v) is 9.20. The summed E-state index contributed by atoms with van der Waals surface area (Å²) < 4.78 is 41.2. The SMILES string of the molecule is CC(=O)Nc1ccc(-c2c3ccccc3[n+](C)c3ccccc23)cc1.F[B-](F)(F)F. The summed E-state index contributed by atoms with van der Waals surface area (Å²) in [5.41, 5.74) is 5.57. The number of anilines is 1. The lowest BCUT2D eigenvalue weighted by molar-refractivity contribution is -0.617. The fourth-order valence-electron chi connectivity index (χ4n) is 3.46. The molecule has 0 atom stereocenters. The van der Waals surface area contributed by atoms with Gasteiger partial charge in [0.15, 0.2) is 0 Å². The molecular weight excluding hydrogens is 395 g/mol. The molecule has 1 amide bonds. The van der Waals surface area contributed by atoms with Crippen molar-refractivity contribution < 1.29 is 26.6 Å². The molecule has 0 saturated heterocycles. The number of aryl methyl sites for hydroxylation is 1. The van der Waals surface area contributed by atoms with Gasteiger partial charge in [-0.25, -0.2) is 0 Å². The maximum absolute atomic E-state index is 11.2. The maximum atomic E-state index is 11.2. The molecule has 0 bridgehead atoms. The van der Waals surface area contributed by atoms with Crippen LogP contribution in [0.5, 0.6) is 0 Å². The molecule has 4 aromatic rings. The molecule has 1 N–H and O–H groups in total. The average Bonchev–Trinajstić information content (AvgIpc) is 2.68. The van der Waals surface area contributed by atoms with Gasteiger partial charge < -0.3 is 22.6 Å². The zero-order valence-electron chi connectivity index (χ0n) is 16.4. The van der Waals surface area contributed by atoms with Crippen LogP contribution in [0.3, 0.4) is 0 Å². The molecule has 8 heteroatoms. The van der Waals surface area contributed by atoms with Gasteiger partial charge in [-0.3, -0.25) is 4.79 Å². The van der Waals surface area contributed by atoms with Crippen LogP contribution in [0.4, 0.5) is 23.0 Å². The van der Waals surface area contributed by atoms with E-state index in [0.717, 1.165) is 11.3 Å². The number of hydrogen-bond donors (Lipinski definition) is 1. The largest absolute Gasteiger partial charge is 0.673 e. The average molecular weight is 414 g/mol. The van der Waals surface area contributed by atoms with Crippen molar-refractivity contribution in [1.82, 2.24) is 0 Å². The van der Waals surface area contributed by atoms with Crippen LogP contribution in [-0.2, 0) is 11.8 Å². The van der Waals surface area contributed by atoms with Gasteiger partial charge in [-0.1, -0.05) is 36.4 Å². The number of carbonyl (C=O) groups is 1. The van der Waals surface area contributed by atoms with Gasteiger partial charge in [-0.15, -0.1) is 0 Å². The zero-order valence-corrected chi connectivity index (χ0v) is 16.4. The Morgan fingerprint density at radius 3 is 1.67 bits per heavy atom. The third-order valence-electron chi connectivity index (χ3n) is 4.56. The van der Waals surface area contributed by atoms with Crippen molar-refractivity contribution in [2.45, 2.75) is 6.92 Å². The predicted molar refractivity (Wildman–Crippen MR) is 113 cm³/mol. The van der Waals surface area contributed by atoms with E-state index in [9.17, 15) is 22.1 Å². The van der Waals surface area contributed by atoms with Crippen molar-refractivity contribution in [3.8, 4) is 11.1 Å². The Balaban J connectivity index is 0.000000461. The molecule has 30 heavy (non-hydrogen) atoms. The monoisotopic (exact) mass is 414 g/mol. The second kappa shape index (κ2) is 8.53. The number of halogens is 4. The Kier molecular flexibility index (Phi) is 6.05. The van der Waals surface area contributed by atoms with Crippen LogP contribution in [0.2, 0.25) is 0 Å². The quantitative estimate of drug-likeness (QED) is 0.193. The minimum absolute atomic E-state index is 0.0598. The summed E-state index contributed by atoms with van der Waals surface area (Å²) >= 11 is 0. The molecule has 0 saturated carbocycles. The van der Waals surface area contributed by atoms with Crippen molar-refractivity contribution in [1.29, 1.82) is 0 Å². The minimum Gasteiger partial charge on any atom is -0.418 e. The van der Waals surface area contributed by atoms with Gasteiger partial charge in [0, 0.05) is 30.3 Å². The summed E-state index contributed by atoms with van der Waals surface area (Å²) in [7, 11) is -3.89. The summed E-state index contributed by atoms with van der Waals surface area (Å²) in [4.78, 5) is 11.2. The van der Waals surface area contributed by atoms with Crippen LogP contribution in [0, 0.1) is 0 Å². The van der Waals surface area contributed by atoms with E-state index in [0.29, 0.717) is 0 Å². The zero-order chi connectivity index (χ0) is 21.9. The fourth-order valence-corrected chi connectivity index (χ4v) is 3.46. The topological polar surface area (TPSA) is 33.0 Å². The van der Waals surface area contributed by atoms with Crippen LogP contribution in [0.15, 0.2) is 72.8 Å². The number of amides is 1. The lowest BCUT2D eigenvalue weighted by Gasteiger charge is -2.11. The third-order valence-corrected chi connectivity index (χ3v) is 4.56. The highest BCUT2D eigenvalue weighted by atomic mass is 19.5. The van der Waals surface area contributed by atoms with Gasteiger partial charge in [0.25, 0.3) is 0 Å². The molecular formula is C22H19BF4N2O. The molecule has 3 nitrogen and oxygen atoms in total. The number of carbonyl (C=O) groups excluding carboxylic acids is 1. The molecule has 4 rings (SSSR count). The Morgan fingerprint density at radius 1 is 0.800 bits per heavy atom. The van der Waals surface area contributed by atoms with Crippen molar-refractivity contribution in [2.75, 3.05) is 5.32 Å². The van der Waals surface area contributed by atoms with Crippen molar-refractivity contribution in [3.05, 3.63) is 72.8 Å². The lowest BCUT2D eigenvalue weighted by atomic mass is 9.95. The van der Waals surface area contributed by atoms with E-state index >= 15 is 0 Å². The third kappa shape index (κ3) is 4.95. The second-order valence-electron chi connectivity index (χ2n) is 6.72. The van der Waals surface area contributed by atoms with Crippen LogP contribution < -0.4 is 9.88 Å². The lowest BCUT2D eigenvalue weighted by Crippen LogP contribution is -2.30. The highest BCUT2D eigenvalue weighted by Gasteiger charge is 2.20. The number of para-hydroxylation sites is 2. The normalized spacial score (nSPS) is 11.1. The van der Waals surface area contributed by atoms with Gasteiger partial charge in [0.2, 0.25) is 16.9 Å². The van der Waals surface area contributed by atoms with Crippen molar-refractivity contribution in [2.24, 2.45) is 7.05 Å². The molecule has 0 aliphatic rings. The van der Waals surface area contributed by atoms with Crippen LogP contribution in [-0.4, -0.2) is 13.2 Å². The Hall–Kier alpha value is -3.42. The van der Waals surface area contributed by atoms with Crippen LogP contribution >= 0.6 is 0 Å². The summed E-state index contributed by atoms with van der Waals surface area (Å²) in [5.74, 6) is -0.0598. The van der Waals surface area contributed by atoms with Crippen molar-refractivity contribution in [3.63, 3.8) is 0 Å². The number of nitrogens with zero attached hydrogens (tertiary/aromatic N) is 1. The number of benzene rings is 3. The molecule has 0 radical (unpaired) electrons. The highest BCUT2D eigenvalue weighted by Crippen LogP contribution is 2.34. The van der Waals surface area contributed by atoms with Gasteiger partial charge in [0.05, 0.1) is 10.8 Å². The van der Waals surface area contributed by atoms with Gasteiger partial charge in [-0.05, 0) is 29.8 Å². The maximum Gasteiger partial charge on any atom is 0.673 e. The highest BCUT2D eigenvalue weighted by molar-refractivity contribution is 6.50. The number of pyridine rings is 1. The fraction of sp³-hybridized carbons (Fsp3) is 0.0909. The summed E-state index contributed by atoms with van der Waals surface area (Å²) in [6.45, 7) is 1.52. The number of nitrogens with one attached hydrogen (secondary N) is 1. The van der Waals surface area contributed by atoms with Gasteiger partial charge in [-0.2, -0.15) is 4.57 Å². The Bertz CT molecular complexity index is 1140. The van der Waals surface area contributed by atoms with E-state index in [2.05, 4.69) is 77.6 Å².